The third-order valence-electron chi connectivity index (χ3n) is 3.64. The minimum Gasteiger partial charge on any atom is -0.384 e. The number of sulfonamides is 1. The molecule has 0 heterocycles. The summed E-state index contributed by atoms with van der Waals surface area (Å²) in [5.41, 5.74) is 0.0703. The molecule has 1 saturated carbocycles. The number of benzene rings is 1. The monoisotopic (exact) mass is 313 g/mol. The second-order valence-electron chi connectivity index (χ2n) is 5.83. The third-order valence-corrected chi connectivity index (χ3v) is 5.17. The average Bonchev–Trinajstić information content (AvgIpc) is 2.95. The topological polar surface area (TPSA) is 101 Å². The molecule has 0 saturated heterocycles. The van der Waals surface area contributed by atoms with E-state index in [1.807, 2.05) is 13.8 Å². The fraction of sp³-hybridized carbons (Fsp3) is 0.538. The Morgan fingerprint density at radius 1 is 1.43 bits per heavy atom. The van der Waals surface area contributed by atoms with E-state index in [1.54, 1.807) is 6.92 Å². The predicted molar refractivity (Wildman–Crippen MR) is 79.8 cm³/mol. The smallest absolute Gasteiger partial charge is 0.271 e. The van der Waals surface area contributed by atoms with Gasteiger partial charge in [-0.1, -0.05) is 13.8 Å². The van der Waals surface area contributed by atoms with E-state index in [4.69, 9.17) is 0 Å². The van der Waals surface area contributed by atoms with Crippen molar-refractivity contribution in [3.05, 3.63) is 28.3 Å². The highest BCUT2D eigenvalue weighted by atomic mass is 32.2. The van der Waals surface area contributed by atoms with Crippen molar-refractivity contribution in [2.24, 2.45) is 5.41 Å². The van der Waals surface area contributed by atoms with E-state index in [9.17, 15) is 18.5 Å². The normalized spacial score (nSPS) is 20.0. The van der Waals surface area contributed by atoms with Crippen LogP contribution in [0.1, 0.15) is 27.2 Å². The second-order valence-corrected chi connectivity index (χ2v) is 7.52. The Kier molecular flexibility index (Phi) is 3.94. The number of nitrogens with zero attached hydrogens (tertiary/aromatic N) is 1. The molecule has 1 fully saturated rings. The van der Waals surface area contributed by atoms with Gasteiger partial charge in [-0.2, -0.15) is 0 Å². The Hall–Kier alpha value is -1.67. The van der Waals surface area contributed by atoms with Crippen LogP contribution >= 0.6 is 0 Å². The van der Waals surface area contributed by atoms with Crippen LogP contribution in [0.25, 0.3) is 0 Å². The Morgan fingerprint density at radius 3 is 2.52 bits per heavy atom. The minimum absolute atomic E-state index is 0.0355. The summed E-state index contributed by atoms with van der Waals surface area (Å²) >= 11 is 0. The molecular formula is C13H19N3O4S. The molecule has 7 nitrogen and oxygen atoms in total. The molecule has 0 radical (unpaired) electrons. The SMILES string of the molecule is CCNc1cc([N+](=O)[O-])ccc1S(=O)(=O)NC1CC1(C)C. The van der Waals surface area contributed by atoms with Crippen LogP contribution in [0.2, 0.25) is 0 Å². The minimum atomic E-state index is -3.70. The number of nitrogens with one attached hydrogen (secondary N) is 2. The van der Waals surface area contributed by atoms with Crippen molar-refractivity contribution in [2.45, 2.75) is 38.1 Å². The fourth-order valence-electron chi connectivity index (χ4n) is 2.11. The summed E-state index contributed by atoms with van der Waals surface area (Å²) in [7, 11) is -3.70. The lowest BCUT2D eigenvalue weighted by Crippen LogP contribution is -2.29. The molecule has 0 bridgehead atoms. The molecule has 1 aromatic carbocycles. The Balaban J connectivity index is 2.35. The highest BCUT2D eigenvalue weighted by Crippen LogP contribution is 2.45. The first-order valence-corrected chi connectivity index (χ1v) is 8.20. The molecule has 0 spiro atoms. The standard InChI is InChI=1S/C13H19N3O4S/c1-4-14-10-7-9(16(17)18)5-6-11(10)21(19,20)15-12-8-13(12,2)3/h5-7,12,14-15H,4,8H2,1-3H3. The van der Waals surface area contributed by atoms with Crippen LogP contribution in [0, 0.1) is 15.5 Å². The van der Waals surface area contributed by atoms with E-state index in [1.165, 1.54) is 18.2 Å². The Bertz CT molecular complexity index is 670. The Labute approximate surface area is 123 Å². The molecule has 1 aromatic rings. The van der Waals surface area contributed by atoms with Gasteiger partial charge in [0.2, 0.25) is 10.0 Å². The first kappa shape index (κ1) is 15.7. The van der Waals surface area contributed by atoms with Gasteiger partial charge in [-0.15, -0.1) is 0 Å². The van der Waals surface area contributed by atoms with E-state index in [2.05, 4.69) is 10.0 Å². The molecule has 1 unspecified atom stereocenters. The van der Waals surface area contributed by atoms with E-state index in [0.29, 0.717) is 6.54 Å². The molecule has 0 aromatic heterocycles. The zero-order chi connectivity index (χ0) is 15.8. The van der Waals surface area contributed by atoms with Gasteiger partial charge in [0.1, 0.15) is 4.90 Å². The van der Waals surface area contributed by atoms with Crippen molar-refractivity contribution < 1.29 is 13.3 Å². The highest BCUT2D eigenvalue weighted by molar-refractivity contribution is 7.89. The zero-order valence-corrected chi connectivity index (χ0v) is 13.0. The fourth-order valence-corrected chi connectivity index (χ4v) is 3.69. The number of nitro groups is 1. The number of rotatable bonds is 6. The van der Waals surface area contributed by atoms with E-state index in [0.717, 1.165) is 6.42 Å². The van der Waals surface area contributed by atoms with Crippen LogP contribution in [0.5, 0.6) is 0 Å². The number of hydrogen-bond acceptors (Lipinski definition) is 5. The van der Waals surface area contributed by atoms with E-state index < -0.39 is 14.9 Å². The summed E-state index contributed by atoms with van der Waals surface area (Å²) in [5, 5.41) is 13.7. The summed E-state index contributed by atoms with van der Waals surface area (Å²) in [6.45, 7) is 6.24. The predicted octanol–water partition coefficient (Wildman–Crippen LogP) is 2.10. The maximum atomic E-state index is 12.4. The maximum Gasteiger partial charge on any atom is 0.271 e. The van der Waals surface area contributed by atoms with Gasteiger partial charge in [0, 0.05) is 24.7 Å². The number of nitro benzene ring substituents is 1. The van der Waals surface area contributed by atoms with Crippen LogP contribution in [0.4, 0.5) is 11.4 Å². The van der Waals surface area contributed by atoms with Crippen LogP contribution in [0.15, 0.2) is 23.1 Å². The van der Waals surface area contributed by atoms with E-state index in [-0.39, 0.29) is 27.7 Å². The quantitative estimate of drug-likeness (QED) is 0.618. The molecule has 1 aliphatic rings. The molecule has 2 N–H and O–H groups in total. The zero-order valence-electron chi connectivity index (χ0n) is 12.2. The summed E-state index contributed by atoms with van der Waals surface area (Å²) in [6, 6.07) is 3.63. The van der Waals surface area contributed by atoms with Crippen LogP contribution in [-0.4, -0.2) is 25.9 Å². The van der Waals surface area contributed by atoms with Gasteiger partial charge in [0.25, 0.3) is 5.69 Å². The number of non-ortho nitro benzene ring substituents is 1. The van der Waals surface area contributed by atoms with Gasteiger partial charge in [-0.3, -0.25) is 10.1 Å². The lowest BCUT2D eigenvalue weighted by molar-refractivity contribution is -0.384. The first-order chi connectivity index (χ1) is 9.67. The van der Waals surface area contributed by atoms with Gasteiger partial charge in [0.15, 0.2) is 0 Å². The molecule has 8 heteroatoms. The largest absolute Gasteiger partial charge is 0.384 e. The molecule has 2 rings (SSSR count). The van der Waals surface area contributed by atoms with Gasteiger partial charge < -0.3 is 5.32 Å². The van der Waals surface area contributed by atoms with Crippen LogP contribution in [0.3, 0.4) is 0 Å². The second kappa shape index (κ2) is 5.27. The van der Waals surface area contributed by atoms with Crippen molar-refractivity contribution in [3.63, 3.8) is 0 Å². The highest BCUT2D eigenvalue weighted by Gasteiger charge is 2.48. The van der Waals surface area contributed by atoms with Gasteiger partial charge in [-0.05, 0) is 24.8 Å². The Morgan fingerprint density at radius 2 is 2.05 bits per heavy atom. The molecular weight excluding hydrogens is 294 g/mol. The van der Waals surface area contributed by atoms with Crippen molar-refractivity contribution in [2.75, 3.05) is 11.9 Å². The lowest BCUT2D eigenvalue weighted by atomic mass is 10.2. The summed E-state index contributed by atoms with van der Waals surface area (Å²) in [6.07, 6.45) is 0.787. The van der Waals surface area contributed by atoms with Crippen molar-refractivity contribution in [3.8, 4) is 0 Å². The summed E-state index contributed by atoms with van der Waals surface area (Å²) < 4.78 is 27.5. The number of anilines is 1. The first-order valence-electron chi connectivity index (χ1n) is 6.72. The lowest BCUT2D eigenvalue weighted by Gasteiger charge is -2.13. The van der Waals surface area contributed by atoms with Crippen LogP contribution in [-0.2, 0) is 10.0 Å². The van der Waals surface area contributed by atoms with Gasteiger partial charge >= 0.3 is 0 Å². The molecule has 0 amide bonds. The average molecular weight is 313 g/mol. The molecule has 1 aliphatic carbocycles. The summed E-state index contributed by atoms with van der Waals surface area (Å²) in [4.78, 5) is 10.3. The molecule has 116 valence electrons. The van der Waals surface area contributed by atoms with Gasteiger partial charge in [-0.25, -0.2) is 13.1 Å². The summed E-state index contributed by atoms with van der Waals surface area (Å²) in [5.74, 6) is 0. The van der Waals surface area contributed by atoms with Crippen LogP contribution < -0.4 is 10.0 Å². The number of hydrogen-bond donors (Lipinski definition) is 2. The molecule has 21 heavy (non-hydrogen) atoms. The van der Waals surface area contributed by atoms with Crippen molar-refractivity contribution >= 4 is 21.4 Å². The van der Waals surface area contributed by atoms with Crippen molar-refractivity contribution in [1.82, 2.24) is 4.72 Å². The van der Waals surface area contributed by atoms with E-state index >= 15 is 0 Å². The third kappa shape index (κ3) is 3.33. The molecule has 1 atom stereocenters. The maximum absolute atomic E-state index is 12.4. The van der Waals surface area contributed by atoms with Gasteiger partial charge in [0.05, 0.1) is 10.6 Å². The van der Waals surface area contributed by atoms with Crippen molar-refractivity contribution in [1.29, 1.82) is 0 Å². The molecule has 0 aliphatic heterocycles.